The summed E-state index contributed by atoms with van der Waals surface area (Å²) in [6.45, 7) is 1.53. The van der Waals surface area contributed by atoms with Gasteiger partial charge in [-0.25, -0.2) is 0 Å². The molecule has 1 unspecified atom stereocenters. The van der Waals surface area contributed by atoms with Crippen molar-refractivity contribution in [2.45, 2.75) is 19.1 Å². The highest BCUT2D eigenvalue weighted by atomic mass is 79.9. The predicted octanol–water partition coefficient (Wildman–Crippen LogP) is 2.54. The zero-order chi connectivity index (χ0) is 14.0. The number of hydrogen-bond acceptors (Lipinski definition) is 3. The molecule has 1 fully saturated rings. The summed E-state index contributed by atoms with van der Waals surface area (Å²) in [4.78, 5) is 13.6. The van der Waals surface area contributed by atoms with E-state index in [4.69, 9.17) is 4.74 Å². The Kier molecular flexibility index (Phi) is 4.86. The molecule has 19 heavy (non-hydrogen) atoms. The normalized spacial score (nSPS) is 19.1. The molecule has 1 N–H and O–H groups in total. The number of hydrogen-bond donors (Lipinski definition) is 1. The largest absolute Gasteiger partial charge is 0.478 e. The smallest absolute Gasteiger partial charge is 0.263 e. The highest BCUT2D eigenvalue weighted by molar-refractivity contribution is 9.11. The second kappa shape index (κ2) is 6.24. The van der Waals surface area contributed by atoms with Crippen molar-refractivity contribution in [1.82, 2.24) is 10.2 Å². The summed E-state index contributed by atoms with van der Waals surface area (Å²) < 4.78 is 7.56. The Morgan fingerprint density at radius 1 is 1.42 bits per heavy atom. The highest BCUT2D eigenvalue weighted by Crippen LogP contribution is 2.36. The van der Waals surface area contributed by atoms with Crippen LogP contribution >= 0.6 is 31.9 Å². The minimum Gasteiger partial charge on any atom is -0.478 e. The molecule has 1 aliphatic heterocycles. The maximum atomic E-state index is 11.9. The third kappa shape index (κ3) is 3.30. The molecule has 1 amide bonds. The minimum absolute atomic E-state index is 0.0399. The first kappa shape index (κ1) is 14.8. The van der Waals surface area contributed by atoms with Crippen LogP contribution in [-0.4, -0.2) is 37.6 Å². The molecule has 1 aromatic rings. The summed E-state index contributed by atoms with van der Waals surface area (Å²) in [6, 6.07) is 4.00. The molecule has 104 valence electrons. The number of halogens is 2. The van der Waals surface area contributed by atoms with Gasteiger partial charge in [-0.3, -0.25) is 4.79 Å². The van der Waals surface area contributed by atoms with Crippen LogP contribution in [0, 0.1) is 0 Å². The summed E-state index contributed by atoms with van der Waals surface area (Å²) in [5.74, 6) is 0.728. The molecule has 1 atom stereocenters. The molecule has 0 bridgehead atoms. The zero-order valence-electron chi connectivity index (χ0n) is 10.9. The van der Waals surface area contributed by atoms with Crippen LogP contribution in [0.3, 0.4) is 0 Å². The molecular weight excluding hydrogens is 376 g/mol. The molecule has 0 radical (unpaired) electrons. The fraction of sp³-hybridized carbons (Fsp3) is 0.462. The fourth-order valence-electron chi connectivity index (χ4n) is 2.07. The molecular formula is C13H16Br2N2O2. The Balaban J connectivity index is 2.19. The second-order valence-corrected chi connectivity index (χ2v) is 6.28. The number of likely N-dealkylation sites (tertiary alicyclic amines) is 1. The lowest BCUT2D eigenvalue weighted by atomic mass is 10.2. The van der Waals surface area contributed by atoms with Gasteiger partial charge >= 0.3 is 0 Å². The van der Waals surface area contributed by atoms with Gasteiger partial charge in [-0.15, -0.1) is 0 Å². The quantitative estimate of drug-likeness (QED) is 0.857. The molecule has 1 saturated heterocycles. The molecule has 1 aromatic carbocycles. The average molecular weight is 392 g/mol. The van der Waals surface area contributed by atoms with Crippen molar-refractivity contribution in [2.75, 3.05) is 20.6 Å². The Bertz CT molecular complexity index is 471. The number of ether oxygens (including phenoxy) is 1. The van der Waals surface area contributed by atoms with E-state index >= 15 is 0 Å². The summed E-state index contributed by atoms with van der Waals surface area (Å²) in [5.41, 5.74) is 1.14. The van der Waals surface area contributed by atoms with E-state index in [9.17, 15) is 4.79 Å². The van der Waals surface area contributed by atoms with Crippen molar-refractivity contribution in [1.29, 1.82) is 0 Å². The highest BCUT2D eigenvalue weighted by Gasteiger charge is 2.31. The van der Waals surface area contributed by atoms with Crippen LogP contribution in [0.4, 0.5) is 0 Å². The topological polar surface area (TPSA) is 41.6 Å². The molecule has 0 saturated carbocycles. The molecule has 2 rings (SSSR count). The van der Waals surface area contributed by atoms with Crippen molar-refractivity contribution in [2.24, 2.45) is 0 Å². The van der Waals surface area contributed by atoms with Gasteiger partial charge in [0.25, 0.3) is 5.91 Å². The van der Waals surface area contributed by atoms with E-state index < -0.39 is 0 Å². The number of nitrogens with one attached hydrogen (secondary N) is 1. The van der Waals surface area contributed by atoms with Gasteiger partial charge in [-0.1, -0.05) is 0 Å². The van der Waals surface area contributed by atoms with E-state index in [1.54, 1.807) is 11.9 Å². The number of benzene rings is 1. The van der Waals surface area contributed by atoms with Crippen molar-refractivity contribution < 1.29 is 9.53 Å². The molecule has 1 heterocycles. The third-order valence-electron chi connectivity index (χ3n) is 3.08. The molecule has 4 nitrogen and oxygen atoms in total. The SMILES string of the molecule is CNCc1cc(Br)c(OC2CCN(C)C2=O)c(Br)c1. The first-order chi connectivity index (χ1) is 9.02. The maximum absolute atomic E-state index is 11.9. The van der Waals surface area contributed by atoms with Gasteiger partial charge in [0.15, 0.2) is 6.10 Å². The lowest BCUT2D eigenvalue weighted by Gasteiger charge is -2.16. The van der Waals surface area contributed by atoms with E-state index in [0.29, 0.717) is 5.75 Å². The van der Waals surface area contributed by atoms with Gasteiger partial charge in [0.1, 0.15) is 5.75 Å². The van der Waals surface area contributed by atoms with Crippen LogP contribution in [0.1, 0.15) is 12.0 Å². The third-order valence-corrected chi connectivity index (χ3v) is 4.26. The monoisotopic (exact) mass is 390 g/mol. The Labute approximate surface area is 129 Å². The number of nitrogens with zero attached hydrogens (tertiary/aromatic N) is 1. The van der Waals surface area contributed by atoms with E-state index in [-0.39, 0.29) is 12.0 Å². The predicted molar refractivity (Wildman–Crippen MR) is 81.3 cm³/mol. The fourth-order valence-corrected chi connectivity index (χ4v) is 3.54. The Morgan fingerprint density at radius 3 is 2.53 bits per heavy atom. The van der Waals surface area contributed by atoms with Crippen LogP contribution < -0.4 is 10.1 Å². The summed E-state index contributed by atoms with van der Waals surface area (Å²) in [6.07, 6.45) is 0.347. The molecule has 0 spiro atoms. The van der Waals surface area contributed by atoms with Crippen molar-refractivity contribution >= 4 is 37.8 Å². The van der Waals surface area contributed by atoms with Gasteiger partial charge in [0.2, 0.25) is 0 Å². The Morgan fingerprint density at radius 2 is 2.05 bits per heavy atom. The molecule has 6 heteroatoms. The summed E-state index contributed by atoms with van der Waals surface area (Å²) in [5, 5.41) is 3.10. The summed E-state index contributed by atoms with van der Waals surface area (Å²) in [7, 11) is 3.70. The summed E-state index contributed by atoms with van der Waals surface area (Å²) >= 11 is 7.01. The zero-order valence-corrected chi connectivity index (χ0v) is 14.0. The lowest BCUT2D eigenvalue weighted by Crippen LogP contribution is -2.29. The van der Waals surface area contributed by atoms with Gasteiger partial charge in [0, 0.05) is 26.6 Å². The van der Waals surface area contributed by atoms with Crippen molar-refractivity contribution in [3.8, 4) is 5.75 Å². The number of carbonyl (C=O) groups is 1. The van der Waals surface area contributed by atoms with Crippen LogP contribution in [0.15, 0.2) is 21.1 Å². The van der Waals surface area contributed by atoms with E-state index in [1.165, 1.54) is 0 Å². The van der Waals surface area contributed by atoms with Crippen LogP contribution in [0.5, 0.6) is 5.75 Å². The minimum atomic E-state index is -0.382. The Hall–Kier alpha value is -0.590. The first-order valence-electron chi connectivity index (χ1n) is 6.07. The number of amides is 1. The number of rotatable bonds is 4. The van der Waals surface area contributed by atoms with Gasteiger partial charge < -0.3 is 15.0 Å². The van der Waals surface area contributed by atoms with Crippen LogP contribution in [0.2, 0.25) is 0 Å². The van der Waals surface area contributed by atoms with Gasteiger partial charge in [-0.2, -0.15) is 0 Å². The maximum Gasteiger partial charge on any atom is 0.263 e. The number of likely N-dealkylation sites (N-methyl/N-ethyl adjacent to an activating group) is 1. The molecule has 0 aliphatic carbocycles. The van der Waals surface area contributed by atoms with Crippen molar-refractivity contribution in [3.05, 3.63) is 26.6 Å². The van der Waals surface area contributed by atoms with E-state index in [1.807, 2.05) is 19.2 Å². The lowest BCUT2D eigenvalue weighted by molar-refractivity contribution is -0.132. The average Bonchev–Trinajstić information content (AvgIpc) is 2.66. The standard InChI is InChI=1S/C13H16Br2N2O2/c1-16-7-8-5-9(14)12(10(15)6-8)19-11-3-4-17(2)13(11)18/h5-6,11,16H,3-4,7H2,1-2H3. The van der Waals surface area contributed by atoms with Crippen LogP contribution in [0.25, 0.3) is 0 Å². The number of carbonyl (C=O) groups excluding carboxylic acids is 1. The molecule has 0 aromatic heterocycles. The van der Waals surface area contributed by atoms with Gasteiger partial charge in [0.05, 0.1) is 8.95 Å². The van der Waals surface area contributed by atoms with Crippen molar-refractivity contribution in [3.63, 3.8) is 0 Å². The first-order valence-corrected chi connectivity index (χ1v) is 7.65. The van der Waals surface area contributed by atoms with Crippen LogP contribution in [-0.2, 0) is 11.3 Å². The van der Waals surface area contributed by atoms with E-state index in [2.05, 4.69) is 37.2 Å². The molecule has 1 aliphatic rings. The second-order valence-electron chi connectivity index (χ2n) is 4.57. The van der Waals surface area contributed by atoms with Gasteiger partial charge in [-0.05, 0) is 56.6 Å². The van der Waals surface area contributed by atoms with E-state index in [0.717, 1.165) is 34.0 Å².